The number of rotatable bonds is 5. The molecule has 5 heteroatoms. The van der Waals surface area contributed by atoms with Crippen LogP contribution in [0.5, 0.6) is 0 Å². The Hall–Kier alpha value is -1.36. The number of aryl methyl sites for hydroxylation is 1. The SMILES string of the molecule is COC(=O)CN(Cc1nccn1C)C1CCCC1. The minimum atomic E-state index is -0.170. The lowest BCUT2D eigenvalue weighted by molar-refractivity contribution is -0.142. The van der Waals surface area contributed by atoms with Gasteiger partial charge in [-0.05, 0) is 12.8 Å². The Kier molecular flexibility index (Phi) is 4.36. The lowest BCUT2D eigenvalue weighted by atomic mass is 10.2. The summed E-state index contributed by atoms with van der Waals surface area (Å²) in [4.78, 5) is 18.0. The summed E-state index contributed by atoms with van der Waals surface area (Å²) in [5, 5.41) is 0. The summed E-state index contributed by atoms with van der Waals surface area (Å²) in [6, 6.07) is 0.487. The van der Waals surface area contributed by atoms with Crippen LogP contribution in [0, 0.1) is 0 Å². The number of methoxy groups -OCH3 is 1. The zero-order valence-corrected chi connectivity index (χ0v) is 11.1. The molecule has 0 spiro atoms. The number of imidazole rings is 1. The molecule has 0 amide bonds. The van der Waals surface area contributed by atoms with E-state index in [0.717, 1.165) is 5.82 Å². The van der Waals surface area contributed by atoms with Gasteiger partial charge in [0, 0.05) is 25.5 Å². The number of nitrogens with zero attached hydrogens (tertiary/aromatic N) is 3. The van der Waals surface area contributed by atoms with Crippen molar-refractivity contribution >= 4 is 5.97 Å². The van der Waals surface area contributed by atoms with Gasteiger partial charge >= 0.3 is 5.97 Å². The molecule has 0 radical (unpaired) electrons. The molecule has 1 fully saturated rings. The molecule has 1 aromatic rings. The fourth-order valence-corrected chi connectivity index (χ4v) is 2.54. The molecule has 1 aliphatic carbocycles. The second-order valence-corrected chi connectivity index (χ2v) is 4.87. The van der Waals surface area contributed by atoms with Crippen LogP contribution in [0.15, 0.2) is 12.4 Å². The summed E-state index contributed by atoms with van der Waals surface area (Å²) in [5.41, 5.74) is 0. The molecule has 0 aliphatic heterocycles. The molecule has 0 bridgehead atoms. The van der Waals surface area contributed by atoms with Crippen LogP contribution < -0.4 is 0 Å². The topological polar surface area (TPSA) is 47.4 Å². The second kappa shape index (κ2) is 6.00. The van der Waals surface area contributed by atoms with Crippen LogP contribution in [0.4, 0.5) is 0 Å². The number of esters is 1. The van der Waals surface area contributed by atoms with Crippen LogP contribution in [-0.2, 0) is 23.1 Å². The first-order valence-electron chi connectivity index (χ1n) is 6.47. The van der Waals surface area contributed by atoms with Gasteiger partial charge in [0.05, 0.1) is 20.2 Å². The average Bonchev–Trinajstić information content (AvgIpc) is 3.00. The summed E-state index contributed by atoms with van der Waals surface area (Å²) in [5.74, 6) is 0.821. The molecular weight excluding hydrogens is 230 g/mol. The Morgan fingerprint density at radius 1 is 1.56 bits per heavy atom. The van der Waals surface area contributed by atoms with Crippen LogP contribution in [0.2, 0.25) is 0 Å². The summed E-state index contributed by atoms with van der Waals surface area (Å²) in [7, 11) is 3.42. The predicted octanol–water partition coefficient (Wildman–Crippen LogP) is 1.34. The van der Waals surface area contributed by atoms with Gasteiger partial charge in [0.25, 0.3) is 0 Å². The van der Waals surface area contributed by atoms with Crippen molar-refractivity contribution in [2.75, 3.05) is 13.7 Å². The minimum absolute atomic E-state index is 0.170. The molecule has 0 atom stereocenters. The number of aromatic nitrogens is 2. The smallest absolute Gasteiger partial charge is 0.319 e. The molecule has 1 saturated carbocycles. The molecule has 18 heavy (non-hydrogen) atoms. The van der Waals surface area contributed by atoms with E-state index >= 15 is 0 Å². The quantitative estimate of drug-likeness (QED) is 0.741. The predicted molar refractivity (Wildman–Crippen MR) is 67.9 cm³/mol. The van der Waals surface area contributed by atoms with Crippen LogP contribution in [-0.4, -0.2) is 40.1 Å². The van der Waals surface area contributed by atoms with Crippen molar-refractivity contribution in [3.05, 3.63) is 18.2 Å². The van der Waals surface area contributed by atoms with Crippen molar-refractivity contribution < 1.29 is 9.53 Å². The third-order valence-corrected chi connectivity index (χ3v) is 3.67. The summed E-state index contributed by atoms with van der Waals surface area (Å²) >= 11 is 0. The maximum atomic E-state index is 11.5. The number of hydrogen-bond donors (Lipinski definition) is 0. The van der Waals surface area contributed by atoms with Crippen LogP contribution >= 0.6 is 0 Å². The van der Waals surface area contributed by atoms with Crippen LogP contribution in [0.1, 0.15) is 31.5 Å². The molecule has 0 N–H and O–H groups in total. The molecule has 1 aliphatic rings. The largest absolute Gasteiger partial charge is 0.468 e. The molecule has 2 rings (SSSR count). The van der Waals surface area contributed by atoms with Gasteiger partial charge in [-0.1, -0.05) is 12.8 Å². The maximum absolute atomic E-state index is 11.5. The normalized spacial score (nSPS) is 16.4. The first kappa shape index (κ1) is 13.1. The molecule has 1 heterocycles. The van der Waals surface area contributed by atoms with E-state index in [1.807, 2.05) is 17.8 Å². The molecule has 1 aromatic heterocycles. The fourth-order valence-electron chi connectivity index (χ4n) is 2.54. The van der Waals surface area contributed by atoms with Gasteiger partial charge in [-0.25, -0.2) is 4.98 Å². The van der Waals surface area contributed by atoms with E-state index in [4.69, 9.17) is 4.74 Å². The van der Waals surface area contributed by atoms with E-state index in [2.05, 4.69) is 9.88 Å². The first-order valence-corrected chi connectivity index (χ1v) is 6.47. The highest BCUT2D eigenvalue weighted by Crippen LogP contribution is 2.24. The van der Waals surface area contributed by atoms with Crippen molar-refractivity contribution in [2.45, 2.75) is 38.3 Å². The molecule has 5 nitrogen and oxygen atoms in total. The van der Waals surface area contributed by atoms with Crippen molar-refractivity contribution in [3.8, 4) is 0 Å². The van der Waals surface area contributed by atoms with Gasteiger partial charge in [0.1, 0.15) is 5.82 Å². The lowest BCUT2D eigenvalue weighted by Crippen LogP contribution is -2.38. The zero-order valence-electron chi connectivity index (χ0n) is 11.1. The molecule has 0 unspecified atom stereocenters. The Morgan fingerprint density at radius 3 is 2.83 bits per heavy atom. The molecule has 0 aromatic carbocycles. The van der Waals surface area contributed by atoms with E-state index in [-0.39, 0.29) is 5.97 Å². The van der Waals surface area contributed by atoms with Gasteiger partial charge in [0.2, 0.25) is 0 Å². The summed E-state index contributed by atoms with van der Waals surface area (Å²) in [6.45, 7) is 1.07. The van der Waals surface area contributed by atoms with Gasteiger partial charge in [0.15, 0.2) is 0 Å². The molecule has 100 valence electrons. The van der Waals surface area contributed by atoms with E-state index in [9.17, 15) is 4.79 Å². The number of hydrogen-bond acceptors (Lipinski definition) is 4. The highest BCUT2D eigenvalue weighted by Gasteiger charge is 2.25. The maximum Gasteiger partial charge on any atom is 0.319 e. The van der Waals surface area contributed by atoms with Crippen molar-refractivity contribution in [1.82, 2.24) is 14.5 Å². The number of carbonyl (C=O) groups excluding carboxylic acids is 1. The third-order valence-electron chi connectivity index (χ3n) is 3.67. The minimum Gasteiger partial charge on any atom is -0.468 e. The number of ether oxygens (including phenoxy) is 1. The molecular formula is C13H21N3O2. The van der Waals surface area contributed by atoms with Crippen molar-refractivity contribution in [3.63, 3.8) is 0 Å². The lowest BCUT2D eigenvalue weighted by Gasteiger charge is -2.27. The van der Waals surface area contributed by atoms with Crippen molar-refractivity contribution in [2.24, 2.45) is 7.05 Å². The standard InChI is InChI=1S/C13H21N3O2/c1-15-8-7-14-12(15)9-16(10-13(17)18-2)11-5-3-4-6-11/h7-8,11H,3-6,9-10H2,1-2H3. The van der Waals surface area contributed by atoms with E-state index in [0.29, 0.717) is 19.1 Å². The van der Waals surface area contributed by atoms with Gasteiger partial charge in [-0.15, -0.1) is 0 Å². The zero-order chi connectivity index (χ0) is 13.0. The van der Waals surface area contributed by atoms with E-state index in [1.165, 1.54) is 32.8 Å². The highest BCUT2D eigenvalue weighted by molar-refractivity contribution is 5.71. The monoisotopic (exact) mass is 251 g/mol. The number of carbonyl (C=O) groups is 1. The second-order valence-electron chi connectivity index (χ2n) is 4.87. The van der Waals surface area contributed by atoms with Crippen molar-refractivity contribution in [1.29, 1.82) is 0 Å². The Labute approximate surface area is 108 Å². The van der Waals surface area contributed by atoms with E-state index < -0.39 is 0 Å². The van der Waals surface area contributed by atoms with Gasteiger partial charge in [-0.3, -0.25) is 9.69 Å². The summed E-state index contributed by atoms with van der Waals surface area (Å²) < 4.78 is 6.78. The summed E-state index contributed by atoms with van der Waals surface area (Å²) in [6.07, 6.45) is 8.56. The van der Waals surface area contributed by atoms with Gasteiger partial charge < -0.3 is 9.30 Å². The average molecular weight is 251 g/mol. The Balaban J connectivity index is 2.04. The Bertz CT molecular complexity index is 397. The Morgan fingerprint density at radius 2 is 2.28 bits per heavy atom. The fraction of sp³-hybridized carbons (Fsp3) is 0.692. The first-order chi connectivity index (χ1) is 8.70. The highest BCUT2D eigenvalue weighted by atomic mass is 16.5. The van der Waals surface area contributed by atoms with Crippen LogP contribution in [0.25, 0.3) is 0 Å². The van der Waals surface area contributed by atoms with Gasteiger partial charge in [-0.2, -0.15) is 0 Å². The van der Waals surface area contributed by atoms with Crippen LogP contribution in [0.3, 0.4) is 0 Å². The van der Waals surface area contributed by atoms with E-state index in [1.54, 1.807) is 6.20 Å². The third kappa shape index (κ3) is 3.10. The molecule has 0 saturated heterocycles.